The number of likely N-dealkylation sites (tertiary alicyclic amines) is 1. The second-order valence-electron chi connectivity index (χ2n) is 31.6. The minimum atomic E-state index is -4.58. The summed E-state index contributed by atoms with van der Waals surface area (Å²) in [5.74, 6) is 0.301. The van der Waals surface area contributed by atoms with Crippen molar-refractivity contribution in [2.24, 2.45) is 22.7 Å². The standard InChI is InChI=1S/C42H51ClF3N7O7S.C37H43ClF3N7O5S/c1-39(2,3)60-38(55)52-26-29(25-40(52,4)5)13-9-20-47-32-23-30(59-27-28-11-7-6-8-12-28)24-35(48-32)61(56,57)51-37(54)31-14-15-33(49-36(31)43)53-21-16-34(50-53)58-22-10-17-41(18-19-41)42(44,45)46;1-35(2)22-26(23-43-35)10-6-17-42-29-20-27(53-24-25-8-4-3-5-9-25)21-32(44-29)54(50,51)47-34(49)28-11-12-30(45-33(28)38)48-18-13-31(46-48)52-19-7-14-36(15-16-36)37(39,40)41/h6-8,11-12,14-16,21,23-24,29H,9-10,13,17-20,22,25-27H2,1-5H3,(H,47,48)(H,51,54);3-5,8-9,11-13,18,20-21,26,43H,6-7,10,14-17,19,22-24H2,1-2H3,(H,42,44)(H,47,49)/t29-;26-/m00/s1. The number of aromatic nitrogens is 8. The fraction of sp³-hybridized carbons (Fsp3) is 0.481. The molecule has 36 heteroatoms. The Balaban J connectivity index is 0.000000228. The van der Waals surface area contributed by atoms with Gasteiger partial charge in [0.25, 0.3) is 31.9 Å². The zero-order valence-electron chi connectivity index (χ0n) is 64.7. The number of benzene rings is 2. The van der Waals surface area contributed by atoms with Gasteiger partial charge in [-0.05, 0) is 192 Å². The maximum atomic E-state index is 13.7. The number of hydrogen-bond acceptors (Lipinski definition) is 21. The Morgan fingerprint density at radius 1 is 0.557 bits per heavy atom. The normalized spacial score (nSPS) is 17.3. The van der Waals surface area contributed by atoms with Crippen molar-refractivity contribution < 1.29 is 81.2 Å². The molecular formula is C79H94Cl2F6N14O12S2. The summed E-state index contributed by atoms with van der Waals surface area (Å²) in [5.41, 5.74) is -2.78. The summed E-state index contributed by atoms with van der Waals surface area (Å²) in [6.45, 7) is 16.9. The first-order chi connectivity index (χ1) is 54.2. The van der Waals surface area contributed by atoms with Crippen LogP contribution in [0.5, 0.6) is 23.3 Å². The molecule has 8 heterocycles. The average Bonchev–Trinajstić information content (AvgIpc) is 1.62. The van der Waals surface area contributed by atoms with Crippen molar-refractivity contribution in [1.82, 2.24) is 59.2 Å². The van der Waals surface area contributed by atoms with Crippen LogP contribution in [0.3, 0.4) is 0 Å². The van der Waals surface area contributed by atoms with Gasteiger partial charge in [0.15, 0.2) is 21.7 Å². The first kappa shape index (κ1) is 86.4. The van der Waals surface area contributed by atoms with Gasteiger partial charge in [-0.2, -0.15) is 43.2 Å². The molecule has 4 aliphatic rings. The number of rotatable bonds is 34. The molecule has 0 radical (unpaired) electrons. The van der Waals surface area contributed by atoms with Gasteiger partial charge in [-0.25, -0.2) is 43.5 Å². The SMILES string of the molecule is CC(C)(C)OC(=O)N1C[C@@H](CCCNc2cc(OCc3ccccc3)cc(S(=O)(=O)NC(=O)c3ccc(-n4ccc(OCCCC5(C(F)(F)F)CC5)n4)nc3Cl)n2)CC1(C)C.CC1(C)C[C@H](CCCNc2cc(OCc3ccccc3)cc(S(=O)(=O)NC(=O)c3ccc(-n4ccc(OCCCC5(C(F)(F)F)CC5)n4)nc3Cl)n2)CN1. The molecule has 5 N–H and O–H groups in total. The smallest absolute Gasteiger partial charge is 0.410 e. The van der Waals surface area contributed by atoms with Crippen LogP contribution in [0.25, 0.3) is 11.6 Å². The van der Waals surface area contributed by atoms with E-state index in [1.807, 2.05) is 105 Å². The van der Waals surface area contributed by atoms with E-state index in [1.54, 1.807) is 17.0 Å². The summed E-state index contributed by atoms with van der Waals surface area (Å²) in [4.78, 5) is 58.3. The van der Waals surface area contributed by atoms with Gasteiger partial charge in [-0.1, -0.05) is 83.9 Å². The second kappa shape index (κ2) is 35.9. The highest BCUT2D eigenvalue weighted by Gasteiger charge is 2.63. The van der Waals surface area contributed by atoms with E-state index < -0.39 is 70.7 Å². The molecule has 0 bridgehead atoms. The van der Waals surface area contributed by atoms with Crippen molar-refractivity contribution in [3.8, 4) is 34.9 Å². The molecule has 2 aliphatic heterocycles. The zero-order chi connectivity index (χ0) is 82.8. The van der Waals surface area contributed by atoms with E-state index in [0.29, 0.717) is 32.0 Å². The molecule has 2 saturated heterocycles. The number of halogens is 8. The number of amides is 3. The summed E-state index contributed by atoms with van der Waals surface area (Å²) < 4.78 is 169. The first-order valence-electron chi connectivity index (χ1n) is 37.8. The van der Waals surface area contributed by atoms with Gasteiger partial charge >= 0.3 is 18.4 Å². The second-order valence-corrected chi connectivity index (χ2v) is 35.6. The van der Waals surface area contributed by atoms with E-state index in [4.69, 9.17) is 46.9 Å². The van der Waals surface area contributed by atoms with Gasteiger partial charge in [0.2, 0.25) is 11.8 Å². The number of nitrogens with zero attached hydrogens (tertiary/aromatic N) is 9. The van der Waals surface area contributed by atoms with Gasteiger partial charge < -0.3 is 44.5 Å². The summed E-state index contributed by atoms with van der Waals surface area (Å²) in [6.07, 6.45) is 0.379. The van der Waals surface area contributed by atoms with Crippen molar-refractivity contribution in [3.05, 3.63) is 166 Å². The largest absolute Gasteiger partial charge is 0.489 e. The van der Waals surface area contributed by atoms with Gasteiger partial charge in [-0.3, -0.25) is 9.59 Å². The monoisotopic (exact) mass is 1680 g/mol. The molecule has 12 rings (SSSR count). The van der Waals surface area contributed by atoms with Crippen LogP contribution in [0.4, 0.5) is 42.8 Å². The number of hydrogen-bond donors (Lipinski definition) is 5. The third kappa shape index (κ3) is 23.6. The van der Waals surface area contributed by atoms with E-state index in [0.717, 1.165) is 49.8 Å². The number of anilines is 2. The van der Waals surface area contributed by atoms with Crippen molar-refractivity contribution in [2.75, 3.05) is 50.0 Å². The number of carbonyl (C=O) groups is 3. The highest BCUT2D eigenvalue weighted by Crippen LogP contribution is 2.61. The Morgan fingerprint density at radius 3 is 1.38 bits per heavy atom. The molecule has 6 aromatic heterocycles. The van der Waals surface area contributed by atoms with E-state index in [9.17, 15) is 57.6 Å². The Kier molecular flexibility index (Phi) is 27.0. The van der Waals surface area contributed by atoms with Crippen LogP contribution in [-0.4, -0.2) is 148 Å². The number of alkyl halides is 6. The minimum Gasteiger partial charge on any atom is -0.489 e. The molecule has 0 spiro atoms. The molecule has 115 heavy (non-hydrogen) atoms. The molecular weight excluding hydrogens is 1590 g/mol. The lowest BCUT2D eigenvalue weighted by Gasteiger charge is -2.33. The number of ether oxygens (including phenoxy) is 5. The maximum absolute atomic E-state index is 13.7. The van der Waals surface area contributed by atoms with E-state index in [-0.39, 0.29) is 169 Å². The van der Waals surface area contributed by atoms with Crippen LogP contribution in [0.15, 0.2) is 144 Å². The first-order valence-corrected chi connectivity index (χ1v) is 41.6. The maximum Gasteiger partial charge on any atom is 0.410 e. The van der Waals surface area contributed by atoms with Crippen LogP contribution >= 0.6 is 23.2 Å². The Morgan fingerprint density at radius 2 is 0.991 bits per heavy atom. The minimum absolute atomic E-state index is 0.00732. The molecule has 2 atom stereocenters. The topological polar surface area (TPSA) is 316 Å². The van der Waals surface area contributed by atoms with Gasteiger partial charge in [0.05, 0.1) is 35.2 Å². The lowest BCUT2D eigenvalue weighted by molar-refractivity contribution is -0.190. The predicted molar refractivity (Wildman–Crippen MR) is 418 cm³/mol. The van der Waals surface area contributed by atoms with Crippen molar-refractivity contribution in [3.63, 3.8) is 0 Å². The van der Waals surface area contributed by atoms with E-state index >= 15 is 0 Å². The van der Waals surface area contributed by atoms with Gasteiger partial charge in [0, 0.05) is 79.5 Å². The predicted octanol–water partition coefficient (Wildman–Crippen LogP) is 15.8. The van der Waals surface area contributed by atoms with Crippen LogP contribution < -0.4 is 44.3 Å². The molecule has 2 aliphatic carbocycles. The van der Waals surface area contributed by atoms with Crippen molar-refractivity contribution in [2.45, 2.75) is 191 Å². The summed E-state index contributed by atoms with van der Waals surface area (Å²) >= 11 is 12.7. The third-order valence-corrected chi connectivity index (χ3v) is 23.3. The number of nitrogens with one attached hydrogen (secondary N) is 5. The third-order valence-electron chi connectivity index (χ3n) is 20.2. The lowest BCUT2D eigenvalue weighted by Crippen LogP contribution is -2.45. The summed E-state index contributed by atoms with van der Waals surface area (Å²) in [5, 5.41) is 16.8. The van der Waals surface area contributed by atoms with E-state index in [2.05, 4.69) is 59.9 Å². The molecule has 8 aromatic rings. The number of sulfonamides is 2. The van der Waals surface area contributed by atoms with Crippen LogP contribution in [0.1, 0.15) is 170 Å². The van der Waals surface area contributed by atoms with Crippen LogP contribution in [-0.2, 0) is 38.0 Å². The fourth-order valence-electron chi connectivity index (χ4n) is 13.7. The van der Waals surface area contributed by atoms with E-state index in [1.165, 1.54) is 70.3 Å². The molecule has 4 fully saturated rings. The molecule has 620 valence electrons. The van der Waals surface area contributed by atoms with Crippen molar-refractivity contribution in [1.29, 1.82) is 0 Å². The number of carbonyl (C=O) groups excluding carboxylic acids is 3. The van der Waals surface area contributed by atoms with Gasteiger partial charge in [-0.15, -0.1) is 10.2 Å². The fourth-order valence-corrected chi connectivity index (χ4v) is 16.1. The number of pyridine rings is 4. The molecule has 3 amide bonds. The highest BCUT2D eigenvalue weighted by molar-refractivity contribution is 7.90. The molecule has 0 unspecified atom stereocenters. The summed E-state index contributed by atoms with van der Waals surface area (Å²) in [7, 11) is -9.10. The zero-order valence-corrected chi connectivity index (χ0v) is 67.8. The Labute approximate surface area is 674 Å². The molecule has 2 aromatic carbocycles. The van der Waals surface area contributed by atoms with Crippen LogP contribution in [0.2, 0.25) is 10.3 Å². The summed E-state index contributed by atoms with van der Waals surface area (Å²) in [6, 6.07) is 32.8. The van der Waals surface area contributed by atoms with Crippen LogP contribution in [0, 0.1) is 22.7 Å². The Bertz CT molecular complexity index is 4950. The highest BCUT2D eigenvalue weighted by atomic mass is 35.5. The average molecular weight is 1680 g/mol. The van der Waals surface area contributed by atoms with Crippen molar-refractivity contribution >= 4 is 72.8 Å². The lowest BCUT2D eigenvalue weighted by atomic mass is 9.93. The quantitative estimate of drug-likeness (QED) is 0.0142. The molecule has 2 saturated carbocycles. The van der Waals surface area contributed by atoms with Gasteiger partial charge in [0.1, 0.15) is 52.3 Å². The molecule has 26 nitrogen and oxygen atoms in total. The Hall–Kier alpha value is -9.51.